The molecule has 2 nitrogen and oxygen atoms in total. The van der Waals surface area contributed by atoms with Crippen LogP contribution in [0, 0.1) is 0 Å². The normalized spacial score (nSPS) is 13.8. The molecule has 0 fully saturated rings. The number of halogens is 1. The van der Waals surface area contributed by atoms with Crippen molar-refractivity contribution in [3.63, 3.8) is 0 Å². The molecule has 3 heteroatoms. The summed E-state index contributed by atoms with van der Waals surface area (Å²) in [6, 6.07) is 15.6. The Hall–Kier alpha value is -1.51. The molecule has 106 valence electrons. The van der Waals surface area contributed by atoms with Crippen molar-refractivity contribution in [2.45, 2.75) is 18.8 Å². The first-order valence-corrected chi connectivity index (χ1v) is 6.95. The van der Waals surface area contributed by atoms with Gasteiger partial charge < -0.3 is 9.84 Å². The highest BCUT2D eigenvalue weighted by Gasteiger charge is 2.26. The lowest BCUT2D eigenvalue weighted by atomic mass is 9.78. The molecular formula is C17H19ClO2. The lowest BCUT2D eigenvalue weighted by molar-refractivity contribution is 0.204. The van der Waals surface area contributed by atoms with E-state index in [1.165, 1.54) is 0 Å². The highest BCUT2D eigenvalue weighted by Crippen LogP contribution is 2.29. The zero-order chi connectivity index (χ0) is 14.6. The van der Waals surface area contributed by atoms with Gasteiger partial charge in [-0.05, 0) is 41.8 Å². The Bertz CT molecular complexity index is 548. The molecule has 1 unspecified atom stereocenters. The molecule has 0 saturated heterocycles. The fourth-order valence-electron chi connectivity index (χ4n) is 2.30. The summed E-state index contributed by atoms with van der Waals surface area (Å²) in [5.74, 6) is 0.839. The zero-order valence-corrected chi connectivity index (χ0v) is 12.5. The number of ether oxygens (including phenoxy) is 1. The summed E-state index contributed by atoms with van der Waals surface area (Å²) in [5, 5.41) is 10.5. The van der Waals surface area contributed by atoms with Crippen molar-refractivity contribution in [2.75, 3.05) is 13.7 Å². The summed E-state index contributed by atoms with van der Waals surface area (Å²) in [5.41, 5.74) is 1.93. The molecule has 20 heavy (non-hydrogen) atoms. The van der Waals surface area contributed by atoms with Crippen LogP contribution < -0.4 is 4.74 Å². The third-order valence-electron chi connectivity index (χ3n) is 3.64. The Balaban J connectivity index is 2.23. The number of hydrogen-bond acceptors (Lipinski definition) is 2. The van der Waals surface area contributed by atoms with Gasteiger partial charge in [-0.15, -0.1) is 0 Å². The maximum Gasteiger partial charge on any atom is 0.118 e. The quantitative estimate of drug-likeness (QED) is 0.906. The molecule has 0 saturated carbocycles. The molecule has 1 N–H and O–H groups in total. The summed E-state index contributed by atoms with van der Waals surface area (Å²) < 4.78 is 5.16. The van der Waals surface area contributed by atoms with Crippen LogP contribution in [0.15, 0.2) is 48.5 Å². The predicted octanol–water partition coefficient (Wildman–Crippen LogP) is 3.84. The summed E-state index contributed by atoms with van der Waals surface area (Å²) in [6.07, 6.45) is 0.759. The molecule has 0 aliphatic carbocycles. The van der Waals surface area contributed by atoms with Gasteiger partial charge in [0.1, 0.15) is 5.75 Å². The molecule has 1 atom stereocenters. The van der Waals surface area contributed by atoms with Gasteiger partial charge in [0, 0.05) is 10.4 Å². The number of aliphatic hydroxyl groups excluding tert-OH is 1. The van der Waals surface area contributed by atoms with Gasteiger partial charge in [-0.1, -0.05) is 42.8 Å². The van der Waals surface area contributed by atoms with Crippen LogP contribution in [-0.4, -0.2) is 18.8 Å². The molecule has 2 aromatic rings. The molecular weight excluding hydrogens is 272 g/mol. The second-order valence-corrected chi connectivity index (χ2v) is 5.69. The SMILES string of the molecule is COc1ccc(CC(C)(CO)c2ccc(Cl)cc2)cc1. The fraction of sp³-hybridized carbons (Fsp3) is 0.294. The maximum absolute atomic E-state index is 9.81. The van der Waals surface area contributed by atoms with Crippen molar-refractivity contribution in [1.29, 1.82) is 0 Å². The Labute approximate surface area is 125 Å². The van der Waals surface area contributed by atoms with Gasteiger partial charge in [0.05, 0.1) is 13.7 Å². The second-order valence-electron chi connectivity index (χ2n) is 5.25. The molecule has 2 aromatic carbocycles. The van der Waals surface area contributed by atoms with Crippen LogP contribution in [-0.2, 0) is 11.8 Å². The molecule has 0 aliphatic heterocycles. The van der Waals surface area contributed by atoms with Crippen molar-refractivity contribution in [2.24, 2.45) is 0 Å². The molecule has 0 amide bonds. The minimum atomic E-state index is -0.320. The Morgan fingerprint density at radius 2 is 1.65 bits per heavy atom. The van der Waals surface area contributed by atoms with Gasteiger partial charge in [-0.2, -0.15) is 0 Å². The minimum Gasteiger partial charge on any atom is -0.497 e. The Morgan fingerprint density at radius 1 is 1.05 bits per heavy atom. The van der Waals surface area contributed by atoms with Crippen molar-refractivity contribution >= 4 is 11.6 Å². The standard InChI is InChI=1S/C17H19ClO2/c1-17(12-19,14-5-7-15(18)8-6-14)11-13-3-9-16(20-2)10-4-13/h3-10,19H,11-12H2,1-2H3. The lowest BCUT2D eigenvalue weighted by Crippen LogP contribution is -2.29. The van der Waals surface area contributed by atoms with Crippen LogP contribution in [0.5, 0.6) is 5.75 Å². The average molecular weight is 291 g/mol. The summed E-state index contributed by atoms with van der Waals surface area (Å²) in [7, 11) is 1.65. The fourth-order valence-corrected chi connectivity index (χ4v) is 2.42. The molecule has 0 bridgehead atoms. The van der Waals surface area contributed by atoms with E-state index in [1.807, 2.05) is 48.5 Å². The third kappa shape index (κ3) is 3.33. The number of rotatable bonds is 5. The van der Waals surface area contributed by atoms with Crippen molar-refractivity contribution in [1.82, 2.24) is 0 Å². The van der Waals surface area contributed by atoms with Crippen molar-refractivity contribution < 1.29 is 9.84 Å². The van der Waals surface area contributed by atoms with E-state index < -0.39 is 0 Å². The van der Waals surface area contributed by atoms with E-state index in [0.29, 0.717) is 5.02 Å². The van der Waals surface area contributed by atoms with Gasteiger partial charge in [-0.25, -0.2) is 0 Å². The molecule has 0 aromatic heterocycles. The molecule has 0 spiro atoms. The lowest BCUT2D eigenvalue weighted by Gasteiger charge is -2.28. The van der Waals surface area contributed by atoms with E-state index in [9.17, 15) is 5.11 Å². The summed E-state index contributed by atoms with van der Waals surface area (Å²) in [4.78, 5) is 0. The van der Waals surface area contributed by atoms with E-state index in [0.717, 1.165) is 23.3 Å². The highest BCUT2D eigenvalue weighted by atomic mass is 35.5. The number of aliphatic hydroxyl groups is 1. The largest absolute Gasteiger partial charge is 0.497 e. The van der Waals surface area contributed by atoms with E-state index >= 15 is 0 Å². The smallest absolute Gasteiger partial charge is 0.118 e. The average Bonchev–Trinajstić information content (AvgIpc) is 2.48. The van der Waals surface area contributed by atoms with Crippen LogP contribution >= 0.6 is 11.6 Å². The van der Waals surface area contributed by atoms with Gasteiger partial charge in [0.2, 0.25) is 0 Å². The number of methoxy groups -OCH3 is 1. The highest BCUT2D eigenvalue weighted by molar-refractivity contribution is 6.30. The molecule has 0 heterocycles. The first kappa shape index (κ1) is 14.9. The number of hydrogen-bond donors (Lipinski definition) is 1. The van der Waals surface area contributed by atoms with Crippen molar-refractivity contribution in [3.05, 3.63) is 64.7 Å². The first-order valence-electron chi connectivity index (χ1n) is 6.57. The van der Waals surface area contributed by atoms with Gasteiger partial charge >= 0.3 is 0 Å². The Morgan fingerprint density at radius 3 is 2.15 bits per heavy atom. The molecule has 2 rings (SSSR count). The van der Waals surface area contributed by atoms with E-state index in [-0.39, 0.29) is 12.0 Å². The van der Waals surface area contributed by atoms with Crippen LogP contribution in [0.1, 0.15) is 18.1 Å². The maximum atomic E-state index is 9.81. The molecule has 0 aliphatic rings. The summed E-state index contributed by atoms with van der Waals surface area (Å²) >= 11 is 5.92. The van der Waals surface area contributed by atoms with Gasteiger partial charge in [0.25, 0.3) is 0 Å². The van der Waals surface area contributed by atoms with E-state index in [1.54, 1.807) is 7.11 Å². The van der Waals surface area contributed by atoms with E-state index in [2.05, 4.69) is 6.92 Å². The van der Waals surface area contributed by atoms with Crippen LogP contribution in [0.2, 0.25) is 5.02 Å². The van der Waals surface area contributed by atoms with Gasteiger partial charge in [-0.3, -0.25) is 0 Å². The monoisotopic (exact) mass is 290 g/mol. The van der Waals surface area contributed by atoms with E-state index in [4.69, 9.17) is 16.3 Å². The second kappa shape index (κ2) is 6.29. The van der Waals surface area contributed by atoms with Crippen LogP contribution in [0.3, 0.4) is 0 Å². The predicted molar refractivity (Wildman–Crippen MR) is 82.6 cm³/mol. The summed E-state index contributed by atoms with van der Waals surface area (Å²) in [6.45, 7) is 2.14. The Kier molecular flexibility index (Phi) is 4.69. The third-order valence-corrected chi connectivity index (χ3v) is 3.90. The van der Waals surface area contributed by atoms with Crippen LogP contribution in [0.4, 0.5) is 0 Å². The topological polar surface area (TPSA) is 29.5 Å². The van der Waals surface area contributed by atoms with Gasteiger partial charge in [0.15, 0.2) is 0 Å². The molecule has 0 radical (unpaired) electrons. The van der Waals surface area contributed by atoms with Crippen molar-refractivity contribution in [3.8, 4) is 5.75 Å². The zero-order valence-electron chi connectivity index (χ0n) is 11.8. The minimum absolute atomic E-state index is 0.0840. The first-order chi connectivity index (χ1) is 9.57. The number of benzene rings is 2. The van der Waals surface area contributed by atoms with Crippen LogP contribution in [0.25, 0.3) is 0 Å².